The van der Waals surface area contributed by atoms with E-state index in [1.54, 1.807) is 12.1 Å². The van der Waals surface area contributed by atoms with Crippen LogP contribution in [0.15, 0.2) is 90.1 Å². The largest absolute Gasteiger partial charge is 0.486 e. The third kappa shape index (κ3) is 8.89. The lowest BCUT2D eigenvalue weighted by atomic mass is 9.89. The van der Waals surface area contributed by atoms with Gasteiger partial charge in [-0.1, -0.05) is 91.5 Å². The van der Waals surface area contributed by atoms with E-state index in [1.165, 1.54) is 18.2 Å². The van der Waals surface area contributed by atoms with Crippen LogP contribution in [0.2, 0.25) is 0 Å². The van der Waals surface area contributed by atoms with Crippen molar-refractivity contribution in [3.8, 4) is 5.75 Å². The summed E-state index contributed by atoms with van der Waals surface area (Å²) in [6, 6.07) is 25.2. The molecule has 1 aromatic heterocycles. The lowest BCUT2D eigenvalue weighted by Crippen LogP contribution is -2.34. The number of carbonyl (C=O) groups excluding carboxylic acids is 2. The predicted molar refractivity (Wildman–Crippen MR) is 216 cm³/mol. The van der Waals surface area contributed by atoms with Crippen LogP contribution in [0.25, 0.3) is 32.6 Å². The Balaban J connectivity index is 1.56. The molecule has 1 heterocycles. The molecule has 0 unspecified atom stereocenters. The number of para-hydroxylation sites is 1. The SMILES string of the molecule is CCCCCCOCCn1c2ccc(C(=NOC(C)=O)c3ccccc3OCC(F)(F)C(F)F)cc2c2cc(C(=O)c3c(C)cc(C)cc3C)c3ccccc3c21. The molecule has 0 fully saturated rings. The number of benzene rings is 5. The standard InChI is InChI=1S/C46H46F4N2O5/c1-6-7-8-13-21-55-22-20-52-39-19-18-32(42(51-57-31(5)53)35-16-11-12-17-40(35)56-27-46(49,50)45(47)48)25-36(39)37-26-38(33-14-9-10-15-34(33)43(37)52)44(54)41-29(3)23-28(2)24-30(41)4/h9-12,14-19,23-26,45H,6-8,13,20-22,27H2,1-5H3. The molecule has 0 amide bonds. The summed E-state index contributed by atoms with van der Waals surface area (Å²) in [4.78, 5) is 31.8. The van der Waals surface area contributed by atoms with Gasteiger partial charge in [-0.15, -0.1) is 0 Å². The second kappa shape index (κ2) is 17.7. The van der Waals surface area contributed by atoms with Crippen LogP contribution in [-0.4, -0.2) is 54.2 Å². The molecule has 0 radical (unpaired) electrons. The number of unbranched alkanes of at least 4 members (excludes halogenated alkanes) is 3. The van der Waals surface area contributed by atoms with Crippen molar-refractivity contribution in [3.05, 3.63) is 124 Å². The van der Waals surface area contributed by atoms with Gasteiger partial charge in [0.15, 0.2) is 12.4 Å². The van der Waals surface area contributed by atoms with E-state index < -0.39 is 24.9 Å². The fraction of sp³-hybridized carbons (Fsp3) is 0.326. The second-order valence-electron chi connectivity index (χ2n) is 14.4. The first kappa shape index (κ1) is 41.1. The van der Waals surface area contributed by atoms with Gasteiger partial charge in [0, 0.05) is 64.0 Å². The molecule has 0 spiro atoms. The molecule has 298 valence electrons. The number of aryl methyl sites for hydroxylation is 3. The van der Waals surface area contributed by atoms with Crippen LogP contribution in [0.5, 0.6) is 5.75 Å². The van der Waals surface area contributed by atoms with Crippen LogP contribution in [0.1, 0.15) is 83.3 Å². The van der Waals surface area contributed by atoms with Gasteiger partial charge >= 0.3 is 18.3 Å². The highest BCUT2D eigenvalue weighted by Gasteiger charge is 2.42. The van der Waals surface area contributed by atoms with Crippen molar-refractivity contribution in [1.82, 2.24) is 4.57 Å². The highest BCUT2D eigenvalue weighted by Crippen LogP contribution is 2.39. The predicted octanol–water partition coefficient (Wildman–Crippen LogP) is 11.3. The van der Waals surface area contributed by atoms with Gasteiger partial charge in [-0.05, 0) is 74.0 Å². The molecule has 0 atom stereocenters. The van der Waals surface area contributed by atoms with E-state index in [-0.39, 0.29) is 22.8 Å². The minimum absolute atomic E-state index is 0.0439. The van der Waals surface area contributed by atoms with Crippen LogP contribution in [0, 0.1) is 20.8 Å². The van der Waals surface area contributed by atoms with Gasteiger partial charge in [0.25, 0.3) is 0 Å². The number of rotatable bonds is 17. The molecule has 11 heteroatoms. The average molecular weight is 783 g/mol. The molecule has 57 heavy (non-hydrogen) atoms. The molecule has 7 nitrogen and oxygen atoms in total. The summed E-state index contributed by atoms with van der Waals surface area (Å²) in [6.45, 7) is 9.20. The number of ketones is 1. The Labute approximate surface area is 329 Å². The van der Waals surface area contributed by atoms with Crippen molar-refractivity contribution in [3.63, 3.8) is 0 Å². The average Bonchev–Trinajstić information content (AvgIpc) is 3.49. The van der Waals surface area contributed by atoms with E-state index in [0.717, 1.165) is 81.9 Å². The zero-order valence-corrected chi connectivity index (χ0v) is 32.8. The lowest BCUT2D eigenvalue weighted by Gasteiger charge is -2.18. The van der Waals surface area contributed by atoms with Crippen molar-refractivity contribution in [2.75, 3.05) is 19.8 Å². The number of alkyl halides is 4. The topological polar surface area (TPSA) is 79.1 Å². The Kier molecular flexibility index (Phi) is 12.8. The lowest BCUT2D eigenvalue weighted by molar-refractivity contribution is -0.148. The fourth-order valence-electron chi connectivity index (χ4n) is 7.49. The maximum absolute atomic E-state index is 14.6. The molecular formula is C46H46F4N2O5. The summed E-state index contributed by atoms with van der Waals surface area (Å²) >= 11 is 0. The molecule has 0 aliphatic rings. The summed E-state index contributed by atoms with van der Waals surface area (Å²) in [6.07, 6.45) is 0.401. The van der Waals surface area contributed by atoms with Crippen molar-refractivity contribution in [2.45, 2.75) is 79.2 Å². The van der Waals surface area contributed by atoms with E-state index >= 15 is 0 Å². The maximum Gasteiger partial charge on any atom is 0.340 e. The minimum Gasteiger partial charge on any atom is -0.486 e. The van der Waals surface area contributed by atoms with Gasteiger partial charge in [0.1, 0.15) is 11.5 Å². The third-order valence-corrected chi connectivity index (χ3v) is 10.0. The third-order valence-electron chi connectivity index (χ3n) is 10.0. The minimum atomic E-state index is -4.41. The molecule has 0 N–H and O–H groups in total. The molecule has 0 aliphatic carbocycles. The molecule has 6 aromatic rings. The summed E-state index contributed by atoms with van der Waals surface area (Å²) in [5.41, 5.74) is 6.28. The van der Waals surface area contributed by atoms with Crippen molar-refractivity contribution in [2.24, 2.45) is 5.16 Å². The Morgan fingerprint density at radius 2 is 1.49 bits per heavy atom. The van der Waals surface area contributed by atoms with Crippen molar-refractivity contribution >= 4 is 50.0 Å². The van der Waals surface area contributed by atoms with Gasteiger partial charge < -0.3 is 18.9 Å². The van der Waals surface area contributed by atoms with E-state index in [9.17, 15) is 27.2 Å². The van der Waals surface area contributed by atoms with Gasteiger partial charge in [-0.2, -0.15) is 8.78 Å². The Morgan fingerprint density at radius 3 is 2.19 bits per heavy atom. The fourth-order valence-corrected chi connectivity index (χ4v) is 7.49. The maximum atomic E-state index is 14.6. The number of hydrogen-bond acceptors (Lipinski definition) is 6. The highest BCUT2D eigenvalue weighted by atomic mass is 19.3. The molecule has 0 aliphatic heterocycles. The van der Waals surface area contributed by atoms with Crippen molar-refractivity contribution < 1.29 is 41.5 Å². The zero-order chi connectivity index (χ0) is 40.9. The first-order valence-corrected chi connectivity index (χ1v) is 19.1. The normalized spacial score (nSPS) is 12.3. The number of nitrogens with zero attached hydrogens (tertiary/aromatic N) is 2. The highest BCUT2D eigenvalue weighted by molar-refractivity contribution is 6.27. The monoisotopic (exact) mass is 782 g/mol. The number of aromatic nitrogens is 1. The number of hydrogen-bond donors (Lipinski definition) is 0. The molecule has 0 bridgehead atoms. The first-order chi connectivity index (χ1) is 27.3. The summed E-state index contributed by atoms with van der Waals surface area (Å²) in [7, 11) is 0. The molecule has 0 saturated carbocycles. The number of ether oxygens (including phenoxy) is 2. The Bertz CT molecular complexity index is 2450. The molecular weight excluding hydrogens is 737 g/mol. The van der Waals surface area contributed by atoms with Gasteiger partial charge in [0.05, 0.1) is 12.1 Å². The molecule has 0 saturated heterocycles. The van der Waals surface area contributed by atoms with Gasteiger partial charge in [0.2, 0.25) is 0 Å². The van der Waals surface area contributed by atoms with Crippen LogP contribution in [-0.2, 0) is 20.9 Å². The van der Waals surface area contributed by atoms with E-state index in [4.69, 9.17) is 14.3 Å². The summed E-state index contributed by atoms with van der Waals surface area (Å²) in [5, 5.41) is 7.29. The zero-order valence-electron chi connectivity index (χ0n) is 32.8. The van der Waals surface area contributed by atoms with E-state index in [2.05, 4.69) is 16.6 Å². The summed E-state index contributed by atoms with van der Waals surface area (Å²) in [5.74, 6) is -5.42. The number of carbonyl (C=O) groups is 2. The quantitative estimate of drug-likeness (QED) is 0.0230. The number of oxime groups is 1. The second-order valence-corrected chi connectivity index (χ2v) is 14.4. The van der Waals surface area contributed by atoms with Gasteiger partial charge in [-0.25, -0.2) is 13.6 Å². The summed E-state index contributed by atoms with van der Waals surface area (Å²) < 4.78 is 67.7. The van der Waals surface area contributed by atoms with Crippen LogP contribution < -0.4 is 4.74 Å². The van der Waals surface area contributed by atoms with Crippen LogP contribution >= 0.6 is 0 Å². The Hall–Kier alpha value is -5.55. The number of fused-ring (bicyclic) bond motifs is 5. The smallest absolute Gasteiger partial charge is 0.340 e. The van der Waals surface area contributed by atoms with Gasteiger partial charge in [-0.3, -0.25) is 4.79 Å². The van der Waals surface area contributed by atoms with Crippen molar-refractivity contribution in [1.29, 1.82) is 0 Å². The Morgan fingerprint density at radius 1 is 0.789 bits per heavy atom. The molecule has 5 aromatic carbocycles. The van der Waals surface area contributed by atoms with E-state index in [0.29, 0.717) is 36.4 Å². The first-order valence-electron chi connectivity index (χ1n) is 19.1. The number of halogens is 4. The van der Waals surface area contributed by atoms with Crippen LogP contribution in [0.4, 0.5) is 17.6 Å². The molecule has 6 rings (SSSR count). The van der Waals surface area contributed by atoms with Crippen LogP contribution in [0.3, 0.4) is 0 Å². The van der Waals surface area contributed by atoms with E-state index in [1.807, 2.05) is 75.4 Å².